The minimum Gasteiger partial charge on any atom is -0.335 e. The number of nitrogens with zero attached hydrogens (tertiary/aromatic N) is 1. The van der Waals surface area contributed by atoms with Gasteiger partial charge in [0.15, 0.2) is 0 Å². The number of rotatable bonds is 6. The van der Waals surface area contributed by atoms with Gasteiger partial charge in [-0.15, -0.1) is 6.58 Å². The Kier molecular flexibility index (Phi) is 5.56. The fourth-order valence-electron chi connectivity index (χ4n) is 2.88. The maximum absolute atomic E-state index is 12.4. The predicted molar refractivity (Wildman–Crippen MR) is 109 cm³/mol. The van der Waals surface area contributed by atoms with E-state index in [-0.39, 0.29) is 18.5 Å². The summed E-state index contributed by atoms with van der Waals surface area (Å²) in [6.07, 6.45) is 1.61. The Labute approximate surface area is 157 Å². The summed E-state index contributed by atoms with van der Waals surface area (Å²) in [6, 6.07) is 16.7. The van der Waals surface area contributed by atoms with Gasteiger partial charge in [-0.05, 0) is 48.7 Å². The lowest BCUT2D eigenvalue weighted by atomic mass is 10.2. The van der Waals surface area contributed by atoms with E-state index >= 15 is 0 Å². The van der Waals surface area contributed by atoms with Gasteiger partial charge in [-0.25, -0.2) is 4.79 Å². The van der Waals surface area contributed by atoms with E-state index in [1.807, 2.05) is 35.8 Å². The maximum Gasteiger partial charge on any atom is 0.319 e. The number of fused-ring (bicyclic) bond motifs is 1. The zero-order valence-corrected chi connectivity index (χ0v) is 15.2. The van der Waals surface area contributed by atoms with Crippen LogP contribution in [0.4, 0.5) is 16.2 Å². The van der Waals surface area contributed by atoms with E-state index in [1.54, 1.807) is 30.3 Å². The largest absolute Gasteiger partial charge is 0.335 e. The number of carbonyl (C=O) groups excluding carboxylic acids is 2. The SMILES string of the molecule is C=CCNC(=O)Nc1ccc(NC(=O)Cn2c(C)cc3ccccc32)cc1. The first-order valence-electron chi connectivity index (χ1n) is 8.67. The third-order valence-electron chi connectivity index (χ3n) is 4.15. The van der Waals surface area contributed by atoms with Gasteiger partial charge in [0.25, 0.3) is 0 Å². The zero-order chi connectivity index (χ0) is 19.2. The molecule has 1 heterocycles. The molecule has 3 aromatic rings. The van der Waals surface area contributed by atoms with Gasteiger partial charge in [0, 0.05) is 29.1 Å². The molecule has 0 saturated heterocycles. The van der Waals surface area contributed by atoms with Crippen LogP contribution in [0.15, 0.2) is 67.3 Å². The number of benzene rings is 2. The third-order valence-corrected chi connectivity index (χ3v) is 4.15. The molecule has 1 aromatic heterocycles. The molecule has 2 aromatic carbocycles. The number of urea groups is 1. The number of aryl methyl sites for hydroxylation is 1. The molecule has 0 radical (unpaired) electrons. The van der Waals surface area contributed by atoms with Crippen molar-refractivity contribution in [3.8, 4) is 0 Å². The van der Waals surface area contributed by atoms with Crippen molar-refractivity contribution in [1.82, 2.24) is 9.88 Å². The Balaban J connectivity index is 1.61. The summed E-state index contributed by atoms with van der Waals surface area (Å²) in [6.45, 7) is 6.17. The minimum absolute atomic E-state index is 0.108. The molecule has 3 amide bonds. The first-order chi connectivity index (χ1) is 13.1. The summed E-state index contributed by atoms with van der Waals surface area (Å²) in [5.41, 5.74) is 3.39. The lowest BCUT2D eigenvalue weighted by Gasteiger charge is -2.10. The normalized spacial score (nSPS) is 10.4. The number of anilines is 2. The molecule has 0 bridgehead atoms. The number of carbonyl (C=O) groups is 2. The van der Waals surface area contributed by atoms with Gasteiger partial charge < -0.3 is 20.5 Å². The van der Waals surface area contributed by atoms with Crippen LogP contribution in [0, 0.1) is 6.92 Å². The van der Waals surface area contributed by atoms with Crippen molar-refractivity contribution >= 4 is 34.2 Å². The summed E-state index contributed by atoms with van der Waals surface area (Å²) in [7, 11) is 0. The van der Waals surface area contributed by atoms with Crippen molar-refractivity contribution in [1.29, 1.82) is 0 Å². The average Bonchev–Trinajstić information content (AvgIpc) is 2.97. The summed E-state index contributed by atoms with van der Waals surface area (Å²) >= 11 is 0. The Bertz CT molecular complexity index is 974. The molecule has 138 valence electrons. The highest BCUT2D eigenvalue weighted by molar-refractivity contribution is 5.93. The van der Waals surface area contributed by atoms with E-state index in [0.29, 0.717) is 17.9 Å². The molecule has 0 aliphatic heterocycles. The Morgan fingerprint density at radius 2 is 1.70 bits per heavy atom. The summed E-state index contributed by atoms with van der Waals surface area (Å²) < 4.78 is 1.99. The molecule has 6 nitrogen and oxygen atoms in total. The van der Waals surface area contributed by atoms with Gasteiger partial charge in [-0.3, -0.25) is 4.79 Å². The molecule has 0 spiro atoms. The van der Waals surface area contributed by atoms with Crippen LogP contribution < -0.4 is 16.0 Å². The Morgan fingerprint density at radius 3 is 2.41 bits per heavy atom. The Morgan fingerprint density at radius 1 is 1.04 bits per heavy atom. The quantitative estimate of drug-likeness (QED) is 0.582. The predicted octanol–water partition coefficient (Wildman–Crippen LogP) is 3.90. The number of aromatic nitrogens is 1. The van der Waals surface area contributed by atoms with Crippen molar-refractivity contribution in [3.05, 3.63) is 72.9 Å². The maximum atomic E-state index is 12.4. The number of nitrogens with one attached hydrogen (secondary N) is 3. The summed E-state index contributed by atoms with van der Waals surface area (Å²) in [4.78, 5) is 24.0. The van der Waals surface area contributed by atoms with E-state index < -0.39 is 0 Å². The molecule has 0 atom stereocenters. The molecule has 6 heteroatoms. The second-order valence-electron chi connectivity index (χ2n) is 6.18. The minimum atomic E-state index is -0.304. The highest BCUT2D eigenvalue weighted by Gasteiger charge is 2.10. The van der Waals surface area contributed by atoms with Crippen molar-refractivity contribution < 1.29 is 9.59 Å². The van der Waals surface area contributed by atoms with Gasteiger partial charge in [0.2, 0.25) is 5.91 Å². The number of hydrogen-bond donors (Lipinski definition) is 3. The van der Waals surface area contributed by atoms with E-state index in [9.17, 15) is 9.59 Å². The van der Waals surface area contributed by atoms with Crippen LogP contribution in [-0.4, -0.2) is 23.1 Å². The lowest BCUT2D eigenvalue weighted by Crippen LogP contribution is -2.28. The molecule has 3 rings (SSSR count). The Hall–Kier alpha value is -3.54. The van der Waals surface area contributed by atoms with Gasteiger partial charge in [0.05, 0.1) is 0 Å². The van der Waals surface area contributed by atoms with Crippen LogP contribution in [0.1, 0.15) is 5.69 Å². The molecule has 0 aliphatic rings. The fraction of sp³-hybridized carbons (Fsp3) is 0.143. The number of amides is 3. The van der Waals surface area contributed by atoms with Crippen molar-refractivity contribution in [2.45, 2.75) is 13.5 Å². The second-order valence-corrected chi connectivity index (χ2v) is 6.18. The molecule has 3 N–H and O–H groups in total. The van der Waals surface area contributed by atoms with Gasteiger partial charge >= 0.3 is 6.03 Å². The second kappa shape index (κ2) is 8.23. The first kappa shape index (κ1) is 18.3. The number of hydrogen-bond acceptors (Lipinski definition) is 2. The number of para-hydroxylation sites is 1. The third kappa shape index (κ3) is 4.55. The van der Waals surface area contributed by atoms with Gasteiger partial charge in [-0.2, -0.15) is 0 Å². The van der Waals surface area contributed by atoms with Crippen LogP contribution in [0.3, 0.4) is 0 Å². The van der Waals surface area contributed by atoms with Gasteiger partial charge in [0.1, 0.15) is 6.54 Å². The molecule has 0 fully saturated rings. The van der Waals surface area contributed by atoms with Crippen molar-refractivity contribution in [3.63, 3.8) is 0 Å². The standard InChI is InChI=1S/C21H22N4O2/c1-3-12-22-21(27)24-18-10-8-17(9-11-18)23-20(26)14-25-15(2)13-16-6-4-5-7-19(16)25/h3-11,13H,1,12,14H2,2H3,(H,23,26)(H2,22,24,27). The highest BCUT2D eigenvalue weighted by Crippen LogP contribution is 2.19. The summed E-state index contributed by atoms with van der Waals surface area (Å²) in [5, 5.41) is 9.34. The van der Waals surface area contributed by atoms with E-state index in [1.165, 1.54) is 0 Å². The summed E-state index contributed by atoms with van der Waals surface area (Å²) in [5.74, 6) is -0.108. The molecule has 0 unspecified atom stereocenters. The highest BCUT2D eigenvalue weighted by atomic mass is 16.2. The van der Waals surface area contributed by atoms with Crippen LogP contribution in [0.2, 0.25) is 0 Å². The van der Waals surface area contributed by atoms with Crippen LogP contribution >= 0.6 is 0 Å². The molecule has 27 heavy (non-hydrogen) atoms. The molecule has 0 saturated carbocycles. The smallest absolute Gasteiger partial charge is 0.319 e. The molecule has 0 aliphatic carbocycles. The monoisotopic (exact) mass is 362 g/mol. The van der Waals surface area contributed by atoms with E-state index in [4.69, 9.17) is 0 Å². The average molecular weight is 362 g/mol. The lowest BCUT2D eigenvalue weighted by molar-refractivity contribution is -0.116. The van der Waals surface area contributed by atoms with Crippen LogP contribution in [0.5, 0.6) is 0 Å². The van der Waals surface area contributed by atoms with E-state index in [2.05, 4.69) is 28.6 Å². The van der Waals surface area contributed by atoms with Crippen molar-refractivity contribution in [2.75, 3.05) is 17.2 Å². The molecular weight excluding hydrogens is 340 g/mol. The van der Waals surface area contributed by atoms with Crippen LogP contribution in [0.25, 0.3) is 10.9 Å². The zero-order valence-electron chi connectivity index (χ0n) is 15.2. The topological polar surface area (TPSA) is 75.2 Å². The fourth-order valence-corrected chi connectivity index (χ4v) is 2.88. The first-order valence-corrected chi connectivity index (χ1v) is 8.67. The van der Waals surface area contributed by atoms with Crippen molar-refractivity contribution in [2.24, 2.45) is 0 Å². The van der Waals surface area contributed by atoms with E-state index in [0.717, 1.165) is 16.6 Å². The van der Waals surface area contributed by atoms with Crippen LogP contribution in [-0.2, 0) is 11.3 Å². The van der Waals surface area contributed by atoms with Gasteiger partial charge in [-0.1, -0.05) is 24.3 Å². The molecular formula is C21H22N4O2.